The number of rotatable bonds is 7. The molecule has 0 spiro atoms. The Bertz CT molecular complexity index is 496. The van der Waals surface area contributed by atoms with Crippen molar-refractivity contribution in [2.24, 2.45) is 0 Å². The fourth-order valence-corrected chi connectivity index (χ4v) is 1.84. The van der Waals surface area contributed by atoms with E-state index in [0.29, 0.717) is 6.61 Å². The Hall–Kier alpha value is -2.00. The second-order valence-electron chi connectivity index (χ2n) is 4.75. The van der Waals surface area contributed by atoms with Crippen molar-refractivity contribution in [1.29, 1.82) is 0 Å². The molecule has 20 heavy (non-hydrogen) atoms. The third kappa shape index (κ3) is 4.59. The highest BCUT2D eigenvalue weighted by atomic mass is 16.5. The van der Waals surface area contributed by atoms with Crippen molar-refractivity contribution in [3.05, 3.63) is 60.2 Å². The average molecular weight is 271 g/mol. The zero-order valence-corrected chi connectivity index (χ0v) is 12.0. The minimum absolute atomic E-state index is 0.289. The van der Waals surface area contributed by atoms with Crippen LogP contribution in [-0.4, -0.2) is 19.8 Å². The molecule has 1 unspecified atom stereocenters. The van der Waals surface area contributed by atoms with E-state index in [1.807, 2.05) is 30.3 Å². The van der Waals surface area contributed by atoms with E-state index in [2.05, 4.69) is 36.5 Å². The van der Waals surface area contributed by atoms with Gasteiger partial charge in [0.25, 0.3) is 0 Å². The Kier molecular flexibility index (Phi) is 5.44. The molecule has 1 N–H and O–H groups in total. The molecule has 1 atom stereocenters. The van der Waals surface area contributed by atoms with Gasteiger partial charge in [-0.25, -0.2) is 0 Å². The quantitative estimate of drug-likeness (QED) is 0.838. The fraction of sp³-hybridized carbons (Fsp3) is 0.294. The first kappa shape index (κ1) is 14.4. The second-order valence-corrected chi connectivity index (χ2v) is 4.75. The van der Waals surface area contributed by atoms with Crippen molar-refractivity contribution >= 4 is 0 Å². The molecule has 2 rings (SSSR count). The zero-order valence-electron chi connectivity index (χ0n) is 12.0. The zero-order chi connectivity index (χ0) is 14.2. The third-order valence-electron chi connectivity index (χ3n) is 3.06. The van der Waals surface area contributed by atoms with Crippen LogP contribution in [-0.2, 0) is 6.54 Å². The van der Waals surface area contributed by atoms with Gasteiger partial charge in [0.15, 0.2) is 0 Å². The first-order valence-corrected chi connectivity index (χ1v) is 6.82. The first-order valence-electron chi connectivity index (χ1n) is 6.82. The summed E-state index contributed by atoms with van der Waals surface area (Å²) in [7, 11) is 1.66. The molecular formula is C17H21NO2. The van der Waals surface area contributed by atoms with Gasteiger partial charge in [-0.1, -0.05) is 30.3 Å². The standard InChI is InChI=1S/C17H21NO2/c1-14(18-12-15-6-4-3-5-7-15)13-20-17-10-8-16(19-2)9-11-17/h3-11,14,18H,12-13H2,1-2H3. The number of nitrogens with one attached hydrogen (secondary N) is 1. The van der Waals surface area contributed by atoms with Gasteiger partial charge in [0.05, 0.1) is 7.11 Å². The highest BCUT2D eigenvalue weighted by molar-refractivity contribution is 5.31. The largest absolute Gasteiger partial charge is 0.497 e. The molecule has 3 heteroatoms. The number of hydrogen-bond acceptors (Lipinski definition) is 3. The number of benzene rings is 2. The SMILES string of the molecule is COc1ccc(OCC(C)NCc2ccccc2)cc1. The molecule has 0 bridgehead atoms. The maximum atomic E-state index is 5.74. The predicted molar refractivity (Wildman–Crippen MR) is 81.2 cm³/mol. The van der Waals surface area contributed by atoms with E-state index in [4.69, 9.17) is 9.47 Å². The summed E-state index contributed by atoms with van der Waals surface area (Å²) in [6.45, 7) is 3.61. The van der Waals surface area contributed by atoms with Gasteiger partial charge in [-0.3, -0.25) is 0 Å². The summed E-state index contributed by atoms with van der Waals surface area (Å²) in [5.41, 5.74) is 1.28. The summed E-state index contributed by atoms with van der Waals surface area (Å²) in [5, 5.41) is 3.44. The molecule has 0 aliphatic heterocycles. The van der Waals surface area contributed by atoms with Crippen LogP contribution < -0.4 is 14.8 Å². The van der Waals surface area contributed by atoms with E-state index in [-0.39, 0.29) is 6.04 Å². The van der Waals surface area contributed by atoms with Crippen LogP contribution in [0.3, 0.4) is 0 Å². The topological polar surface area (TPSA) is 30.5 Å². The van der Waals surface area contributed by atoms with Gasteiger partial charge in [-0.05, 0) is 36.8 Å². The van der Waals surface area contributed by atoms with Crippen LogP contribution in [0, 0.1) is 0 Å². The molecule has 106 valence electrons. The molecule has 0 heterocycles. The van der Waals surface area contributed by atoms with E-state index in [1.54, 1.807) is 7.11 Å². The highest BCUT2D eigenvalue weighted by Gasteiger charge is 2.03. The van der Waals surface area contributed by atoms with Crippen LogP contribution >= 0.6 is 0 Å². The normalized spacial score (nSPS) is 11.9. The van der Waals surface area contributed by atoms with Crippen molar-refractivity contribution in [1.82, 2.24) is 5.32 Å². The molecule has 2 aromatic carbocycles. The summed E-state index contributed by atoms with van der Waals surface area (Å²) >= 11 is 0. The lowest BCUT2D eigenvalue weighted by atomic mass is 10.2. The lowest BCUT2D eigenvalue weighted by Crippen LogP contribution is -2.31. The number of methoxy groups -OCH3 is 1. The fourth-order valence-electron chi connectivity index (χ4n) is 1.84. The van der Waals surface area contributed by atoms with Crippen molar-refractivity contribution in [3.8, 4) is 11.5 Å². The van der Waals surface area contributed by atoms with E-state index >= 15 is 0 Å². The molecule has 0 aromatic heterocycles. The van der Waals surface area contributed by atoms with Crippen molar-refractivity contribution in [3.63, 3.8) is 0 Å². The minimum atomic E-state index is 0.289. The Balaban J connectivity index is 1.73. The van der Waals surface area contributed by atoms with Gasteiger partial charge in [-0.15, -0.1) is 0 Å². The van der Waals surface area contributed by atoms with Crippen LogP contribution in [0.5, 0.6) is 11.5 Å². The van der Waals surface area contributed by atoms with Crippen LogP contribution in [0.1, 0.15) is 12.5 Å². The molecular weight excluding hydrogens is 250 g/mol. The molecule has 0 aliphatic rings. The Morgan fingerprint density at radius 1 is 0.950 bits per heavy atom. The smallest absolute Gasteiger partial charge is 0.119 e. The minimum Gasteiger partial charge on any atom is -0.497 e. The number of ether oxygens (including phenoxy) is 2. The van der Waals surface area contributed by atoms with Crippen LogP contribution in [0.15, 0.2) is 54.6 Å². The highest BCUT2D eigenvalue weighted by Crippen LogP contribution is 2.17. The monoisotopic (exact) mass is 271 g/mol. The molecule has 2 aromatic rings. The van der Waals surface area contributed by atoms with Crippen LogP contribution in [0.4, 0.5) is 0 Å². The van der Waals surface area contributed by atoms with Crippen molar-refractivity contribution in [2.45, 2.75) is 19.5 Å². The van der Waals surface area contributed by atoms with Crippen molar-refractivity contribution in [2.75, 3.05) is 13.7 Å². The van der Waals surface area contributed by atoms with Gasteiger partial charge in [0, 0.05) is 12.6 Å². The van der Waals surface area contributed by atoms with Gasteiger partial charge in [0.2, 0.25) is 0 Å². The lowest BCUT2D eigenvalue weighted by Gasteiger charge is -2.15. The van der Waals surface area contributed by atoms with Crippen molar-refractivity contribution < 1.29 is 9.47 Å². The van der Waals surface area contributed by atoms with Gasteiger partial charge in [-0.2, -0.15) is 0 Å². The van der Waals surface area contributed by atoms with Crippen LogP contribution in [0.25, 0.3) is 0 Å². The predicted octanol–water partition coefficient (Wildman–Crippen LogP) is 3.25. The average Bonchev–Trinajstić information content (AvgIpc) is 2.52. The molecule has 0 saturated carbocycles. The van der Waals surface area contributed by atoms with E-state index < -0.39 is 0 Å². The number of hydrogen-bond donors (Lipinski definition) is 1. The summed E-state index contributed by atoms with van der Waals surface area (Å²) in [5.74, 6) is 1.70. The molecule has 0 amide bonds. The Morgan fingerprint density at radius 2 is 1.60 bits per heavy atom. The summed E-state index contributed by atoms with van der Waals surface area (Å²) in [6.07, 6.45) is 0. The molecule has 0 fully saturated rings. The Labute approximate surface area is 120 Å². The maximum absolute atomic E-state index is 5.74. The molecule has 3 nitrogen and oxygen atoms in total. The van der Waals surface area contributed by atoms with Gasteiger partial charge < -0.3 is 14.8 Å². The molecule has 0 aliphatic carbocycles. The lowest BCUT2D eigenvalue weighted by molar-refractivity contribution is 0.272. The summed E-state index contributed by atoms with van der Waals surface area (Å²) in [6, 6.07) is 18.3. The van der Waals surface area contributed by atoms with E-state index in [9.17, 15) is 0 Å². The van der Waals surface area contributed by atoms with Gasteiger partial charge in [0.1, 0.15) is 18.1 Å². The van der Waals surface area contributed by atoms with E-state index in [0.717, 1.165) is 18.0 Å². The van der Waals surface area contributed by atoms with Gasteiger partial charge >= 0.3 is 0 Å². The summed E-state index contributed by atoms with van der Waals surface area (Å²) in [4.78, 5) is 0. The third-order valence-corrected chi connectivity index (χ3v) is 3.06. The van der Waals surface area contributed by atoms with E-state index in [1.165, 1.54) is 5.56 Å². The Morgan fingerprint density at radius 3 is 2.25 bits per heavy atom. The van der Waals surface area contributed by atoms with Crippen LogP contribution in [0.2, 0.25) is 0 Å². The molecule has 0 saturated heterocycles. The maximum Gasteiger partial charge on any atom is 0.119 e. The first-order chi connectivity index (χ1) is 9.78. The second kappa shape index (κ2) is 7.56. The summed E-state index contributed by atoms with van der Waals surface area (Å²) < 4.78 is 10.9. The molecule has 0 radical (unpaired) electrons.